The molecular weight excluding hydrogens is 242 g/mol. The third-order valence-corrected chi connectivity index (χ3v) is 4.78. The lowest BCUT2D eigenvalue weighted by Gasteiger charge is -2.39. The van der Waals surface area contributed by atoms with Crippen LogP contribution in [0, 0.1) is 6.92 Å². The van der Waals surface area contributed by atoms with E-state index in [0.29, 0.717) is 6.04 Å². The first kappa shape index (κ1) is 15.6. The van der Waals surface area contributed by atoms with Gasteiger partial charge < -0.3 is 5.32 Å². The Bertz CT molecular complexity index is 393. The fourth-order valence-corrected chi connectivity index (χ4v) is 3.42. The summed E-state index contributed by atoms with van der Waals surface area (Å²) in [5.41, 5.74) is 3.03. The highest BCUT2D eigenvalue weighted by molar-refractivity contribution is 5.31. The standard InChI is InChI=1S/C19H31N/c1-4-5-6-7-11-16(3)20-18-13-17(14-18)19-12-9-8-10-15(19)2/h8-10,12,16-18,20H,4-7,11,13-14H2,1-3H3. The van der Waals surface area contributed by atoms with E-state index in [-0.39, 0.29) is 0 Å². The lowest BCUT2D eigenvalue weighted by atomic mass is 9.74. The minimum absolute atomic E-state index is 0.690. The Labute approximate surface area is 125 Å². The van der Waals surface area contributed by atoms with Crippen molar-refractivity contribution in [1.29, 1.82) is 0 Å². The molecule has 1 saturated carbocycles. The van der Waals surface area contributed by atoms with Crippen LogP contribution >= 0.6 is 0 Å². The smallest absolute Gasteiger partial charge is 0.00812 e. The summed E-state index contributed by atoms with van der Waals surface area (Å²) >= 11 is 0. The molecule has 1 nitrogen and oxygen atoms in total. The van der Waals surface area contributed by atoms with E-state index in [1.54, 1.807) is 5.56 Å². The van der Waals surface area contributed by atoms with Crippen molar-refractivity contribution in [3.8, 4) is 0 Å². The zero-order chi connectivity index (χ0) is 14.4. The second-order valence-corrected chi connectivity index (χ2v) is 6.64. The van der Waals surface area contributed by atoms with E-state index in [1.807, 2.05) is 0 Å². The summed E-state index contributed by atoms with van der Waals surface area (Å²) in [5.74, 6) is 0.793. The largest absolute Gasteiger partial charge is 0.311 e. The molecule has 0 bridgehead atoms. The Balaban J connectivity index is 1.65. The zero-order valence-electron chi connectivity index (χ0n) is 13.5. The maximum atomic E-state index is 3.81. The molecule has 1 aliphatic carbocycles. The number of rotatable bonds is 8. The number of benzene rings is 1. The van der Waals surface area contributed by atoms with Crippen LogP contribution in [0.25, 0.3) is 0 Å². The third kappa shape index (κ3) is 4.34. The molecule has 0 amide bonds. The summed E-state index contributed by atoms with van der Waals surface area (Å²) in [6, 6.07) is 10.3. The number of hydrogen-bond donors (Lipinski definition) is 1. The molecule has 0 heterocycles. The van der Waals surface area contributed by atoms with E-state index >= 15 is 0 Å². The second kappa shape index (κ2) is 7.83. The van der Waals surface area contributed by atoms with Crippen LogP contribution in [0.3, 0.4) is 0 Å². The Hall–Kier alpha value is -0.820. The van der Waals surface area contributed by atoms with Gasteiger partial charge in [-0.3, -0.25) is 0 Å². The molecule has 1 unspecified atom stereocenters. The van der Waals surface area contributed by atoms with Crippen LogP contribution in [0.1, 0.15) is 75.8 Å². The maximum Gasteiger partial charge on any atom is 0.00812 e. The van der Waals surface area contributed by atoms with Gasteiger partial charge in [-0.05, 0) is 50.2 Å². The fourth-order valence-electron chi connectivity index (χ4n) is 3.42. The van der Waals surface area contributed by atoms with E-state index in [0.717, 1.165) is 12.0 Å². The van der Waals surface area contributed by atoms with Crippen molar-refractivity contribution < 1.29 is 0 Å². The molecule has 0 radical (unpaired) electrons. The molecule has 112 valence electrons. The topological polar surface area (TPSA) is 12.0 Å². The normalized spacial score (nSPS) is 23.4. The average molecular weight is 273 g/mol. The van der Waals surface area contributed by atoms with Gasteiger partial charge in [0.1, 0.15) is 0 Å². The van der Waals surface area contributed by atoms with E-state index in [1.165, 1.54) is 50.5 Å². The zero-order valence-corrected chi connectivity index (χ0v) is 13.5. The van der Waals surface area contributed by atoms with E-state index < -0.39 is 0 Å². The first-order valence-corrected chi connectivity index (χ1v) is 8.52. The highest BCUT2D eigenvalue weighted by atomic mass is 15.0. The Morgan fingerprint density at radius 1 is 1.15 bits per heavy atom. The molecule has 1 atom stereocenters. The predicted molar refractivity (Wildman–Crippen MR) is 88.3 cm³/mol. The summed E-state index contributed by atoms with van der Waals surface area (Å²) in [7, 11) is 0. The van der Waals surface area contributed by atoms with Crippen molar-refractivity contribution >= 4 is 0 Å². The van der Waals surface area contributed by atoms with E-state index in [2.05, 4.69) is 50.4 Å². The third-order valence-electron chi connectivity index (χ3n) is 4.78. The molecule has 1 heteroatoms. The molecule has 1 aromatic rings. The molecule has 0 aliphatic heterocycles. The maximum absolute atomic E-state index is 3.81. The Morgan fingerprint density at radius 2 is 1.90 bits per heavy atom. The van der Waals surface area contributed by atoms with Crippen molar-refractivity contribution in [3.63, 3.8) is 0 Å². The Morgan fingerprint density at radius 3 is 2.60 bits per heavy atom. The number of unbranched alkanes of at least 4 members (excludes halogenated alkanes) is 3. The van der Waals surface area contributed by atoms with Gasteiger partial charge in [0.05, 0.1) is 0 Å². The Kier molecular flexibility index (Phi) is 6.09. The second-order valence-electron chi connectivity index (χ2n) is 6.64. The van der Waals surface area contributed by atoms with Crippen molar-refractivity contribution in [3.05, 3.63) is 35.4 Å². The summed E-state index contributed by atoms with van der Waals surface area (Å²) in [6.45, 7) is 6.88. The van der Waals surface area contributed by atoms with Crippen LogP contribution in [0.2, 0.25) is 0 Å². The van der Waals surface area contributed by atoms with Crippen molar-refractivity contribution in [2.45, 2.75) is 83.7 Å². The summed E-state index contributed by atoms with van der Waals surface area (Å²) in [5, 5.41) is 3.81. The molecular formula is C19H31N. The first-order valence-electron chi connectivity index (χ1n) is 8.52. The van der Waals surface area contributed by atoms with Crippen LogP contribution in [-0.2, 0) is 0 Å². The number of aryl methyl sites for hydroxylation is 1. The molecule has 1 aliphatic rings. The van der Waals surface area contributed by atoms with Gasteiger partial charge in [-0.1, -0.05) is 56.9 Å². The van der Waals surface area contributed by atoms with Gasteiger partial charge in [0.25, 0.3) is 0 Å². The lowest BCUT2D eigenvalue weighted by molar-refractivity contribution is 0.262. The van der Waals surface area contributed by atoms with E-state index in [9.17, 15) is 0 Å². The van der Waals surface area contributed by atoms with Gasteiger partial charge in [0, 0.05) is 12.1 Å². The average Bonchev–Trinajstić information content (AvgIpc) is 2.40. The number of nitrogens with one attached hydrogen (secondary N) is 1. The molecule has 0 saturated heterocycles. The predicted octanol–water partition coefficient (Wildman–Crippen LogP) is 5.19. The van der Waals surface area contributed by atoms with Crippen molar-refractivity contribution in [1.82, 2.24) is 5.32 Å². The lowest BCUT2D eigenvalue weighted by Crippen LogP contribution is -2.44. The van der Waals surface area contributed by atoms with Crippen LogP contribution in [0.15, 0.2) is 24.3 Å². The monoisotopic (exact) mass is 273 g/mol. The van der Waals surface area contributed by atoms with Crippen LogP contribution in [-0.4, -0.2) is 12.1 Å². The number of hydrogen-bond acceptors (Lipinski definition) is 1. The highest BCUT2D eigenvalue weighted by Gasteiger charge is 2.31. The molecule has 1 N–H and O–H groups in total. The summed E-state index contributed by atoms with van der Waals surface area (Å²) in [4.78, 5) is 0. The van der Waals surface area contributed by atoms with Gasteiger partial charge in [-0.15, -0.1) is 0 Å². The summed E-state index contributed by atoms with van der Waals surface area (Å²) < 4.78 is 0. The van der Waals surface area contributed by atoms with Gasteiger partial charge in [0.2, 0.25) is 0 Å². The molecule has 2 rings (SSSR count). The van der Waals surface area contributed by atoms with Crippen LogP contribution < -0.4 is 5.32 Å². The minimum atomic E-state index is 0.690. The van der Waals surface area contributed by atoms with Gasteiger partial charge in [0.15, 0.2) is 0 Å². The first-order chi connectivity index (χ1) is 9.70. The quantitative estimate of drug-likeness (QED) is 0.643. The van der Waals surface area contributed by atoms with Crippen molar-refractivity contribution in [2.75, 3.05) is 0 Å². The van der Waals surface area contributed by atoms with Crippen molar-refractivity contribution in [2.24, 2.45) is 0 Å². The summed E-state index contributed by atoms with van der Waals surface area (Å²) in [6.07, 6.45) is 9.50. The van der Waals surface area contributed by atoms with E-state index in [4.69, 9.17) is 0 Å². The van der Waals surface area contributed by atoms with Gasteiger partial charge in [-0.25, -0.2) is 0 Å². The molecule has 0 spiro atoms. The fraction of sp³-hybridized carbons (Fsp3) is 0.684. The highest BCUT2D eigenvalue weighted by Crippen LogP contribution is 2.38. The minimum Gasteiger partial charge on any atom is -0.311 e. The van der Waals surface area contributed by atoms with Gasteiger partial charge >= 0.3 is 0 Å². The molecule has 1 fully saturated rings. The van der Waals surface area contributed by atoms with Crippen LogP contribution in [0.5, 0.6) is 0 Å². The molecule has 0 aromatic heterocycles. The molecule has 1 aromatic carbocycles. The van der Waals surface area contributed by atoms with Crippen LogP contribution in [0.4, 0.5) is 0 Å². The SMILES string of the molecule is CCCCCCC(C)NC1CC(c2ccccc2C)C1. The van der Waals surface area contributed by atoms with Gasteiger partial charge in [-0.2, -0.15) is 0 Å². The molecule has 20 heavy (non-hydrogen) atoms.